The van der Waals surface area contributed by atoms with Gasteiger partial charge in [0.15, 0.2) is 0 Å². The molecule has 21 heavy (non-hydrogen) atoms. The smallest absolute Gasteiger partial charge is 0.247 e. The number of imide groups is 1. The molecule has 1 N–H and O–H groups in total. The summed E-state index contributed by atoms with van der Waals surface area (Å²) in [6.07, 6.45) is 1.78. The summed E-state index contributed by atoms with van der Waals surface area (Å²) >= 11 is 0. The summed E-state index contributed by atoms with van der Waals surface area (Å²) < 4.78 is 5.21. The molecule has 5 nitrogen and oxygen atoms in total. The number of amides is 2. The Morgan fingerprint density at radius 2 is 1.95 bits per heavy atom. The molecule has 0 radical (unpaired) electrons. The van der Waals surface area contributed by atoms with E-state index in [1.165, 1.54) is 4.90 Å². The summed E-state index contributed by atoms with van der Waals surface area (Å²) in [5, 5.41) is 3.07. The Morgan fingerprint density at radius 1 is 1.14 bits per heavy atom. The highest BCUT2D eigenvalue weighted by Gasteiger charge is 2.38. The van der Waals surface area contributed by atoms with E-state index in [9.17, 15) is 9.59 Å². The van der Waals surface area contributed by atoms with Crippen molar-refractivity contribution >= 4 is 11.8 Å². The molecular weight excluding hydrogens is 268 g/mol. The fourth-order valence-electron chi connectivity index (χ4n) is 2.41. The number of likely N-dealkylation sites (tertiary alicyclic amines) is 1. The molecule has 1 aromatic heterocycles. The third-order valence-corrected chi connectivity index (χ3v) is 3.53. The number of rotatable bonds is 5. The Kier molecular flexibility index (Phi) is 3.83. The van der Waals surface area contributed by atoms with Crippen molar-refractivity contribution in [3.63, 3.8) is 0 Å². The van der Waals surface area contributed by atoms with Crippen LogP contribution in [-0.2, 0) is 22.7 Å². The first-order chi connectivity index (χ1) is 10.2. The summed E-state index contributed by atoms with van der Waals surface area (Å²) in [4.78, 5) is 25.6. The topological polar surface area (TPSA) is 62.6 Å². The van der Waals surface area contributed by atoms with Crippen LogP contribution in [0, 0.1) is 0 Å². The van der Waals surface area contributed by atoms with Crippen LogP contribution in [0.5, 0.6) is 0 Å². The fraction of sp³-hybridized carbons (Fsp3) is 0.250. The van der Waals surface area contributed by atoms with Crippen LogP contribution in [0.2, 0.25) is 0 Å². The van der Waals surface area contributed by atoms with E-state index in [-0.39, 0.29) is 18.2 Å². The van der Waals surface area contributed by atoms with Gasteiger partial charge < -0.3 is 4.42 Å². The molecule has 1 fully saturated rings. The van der Waals surface area contributed by atoms with E-state index in [0.29, 0.717) is 13.1 Å². The van der Waals surface area contributed by atoms with Gasteiger partial charge in [0.1, 0.15) is 5.76 Å². The van der Waals surface area contributed by atoms with Crippen LogP contribution in [0.3, 0.4) is 0 Å². The first-order valence-electron chi connectivity index (χ1n) is 6.88. The van der Waals surface area contributed by atoms with E-state index >= 15 is 0 Å². The highest BCUT2D eigenvalue weighted by atomic mass is 16.3. The van der Waals surface area contributed by atoms with Crippen molar-refractivity contribution < 1.29 is 14.0 Å². The van der Waals surface area contributed by atoms with E-state index < -0.39 is 6.04 Å². The molecule has 108 valence electrons. The Morgan fingerprint density at radius 3 is 2.67 bits per heavy atom. The van der Waals surface area contributed by atoms with Gasteiger partial charge in [-0.2, -0.15) is 0 Å². The first-order valence-corrected chi connectivity index (χ1v) is 6.88. The molecule has 5 heteroatoms. The molecule has 2 amide bonds. The summed E-state index contributed by atoms with van der Waals surface area (Å²) in [5.41, 5.74) is 0.950. The monoisotopic (exact) mass is 284 g/mol. The largest absolute Gasteiger partial charge is 0.468 e. The lowest BCUT2D eigenvalue weighted by atomic mass is 10.2. The Balaban J connectivity index is 1.62. The maximum absolute atomic E-state index is 12.3. The van der Waals surface area contributed by atoms with E-state index in [1.54, 1.807) is 12.3 Å². The van der Waals surface area contributed by atoms with E-state index in [1.807, 2.05) is 36.4 Å². The lowest BCUT2D eigenvalue weighted by Gasteiger charge is -2.15. The van der Waals surface area contributed by atoms with Crippen molar-refractivity contribution in [3.05, 3.63) is 60.1 Å². The zero-order valence-electron chi connectivity index (χ0n) is 11.5. The molecule has 0 saturated carbocycles. The fourth-order valence-corrected chi connectivity index (χ4v) is 2.41. The SMILES string of the molecule is O=C1C[C@@H](NCc2ccco2)C(=O)N1Cc1ccccc1. The number of nitrogens with zero attached hydrogens (tertiary/aromatic N) is 1. The molecule has 1 aliphatic rings. The Labute approximate surface area is 122 Å². The quantitative estimate of drug-likeness (QED) is 0.849. The standard InChI is InChI=1S/C16H16N2O3/c19-15-9-14(17-10-13-7-4-8-21-13)16(20)18(15)11-12-5-2-1-3-6-12/h1-8,14,17H,9-11H2/t14-/m1/s1. The lowest BCUT2D eigenvalue weighted by molar-refractivity contribution is -0.139. The minimum atomic E-state index is -0.466. The summed E-state index contributed by atoms with van der Waals surface area (Å²) in [6.45, 7) is 0.771. The van der Waals surface area contributed by atoms with Gasteiger partial charge in [0.25, 0.3) is 0 Å². The molecule has 0 unspecified atom stereocenters. The van der Waals surface area contributed by atoms with Crippen LogP contribution in [0.15, 0.2) is 53.1 Å². The van der Waals surface area contributed by atoms with Crippen molar-refractivity contribution in [3.8, 4) is 0 Å². The van der Waals surface area contributed by atoms with Crippen molar-refractivity contribution in [1.82, 2.24) is 10.2 Å². The molecule has 0 spiro atoms. The molecule has 1 atom stereocenters. The second-order valence-corrected chi connectivity index (χ2v) is 5.02. The van der Waals surface area contributed by atoms with E-state index in [0.717, 1.165) is 11.3 Å². The lowest BCUT2D eigenvalue weighted by Crippen LogP contribution is -2.38. The van der Waals surface area contributed by atoms with Gasteiger partial charge in [-0.1, -0.05) is 30.3 Å². The predicted octanol–water partition coefficient (Wildman–Crippen LogP) is 1.70. The normalized spacial score (nSPS) is 18.5. The second-order valence-electron chi connectivity index (χ2n) is 5.02. The number of hydrogen-bond donors (Lipinski definition) is 1. The minimum absolute atomic E-state index is 0.138. The number of hydrogen-bond acceptors (Lipinski definition) is 4. The Bertz CT molecular complexity index is 622. The van der Waals surface area contributed by atoms with Crippen molar-refractivity contribution in [2.45, 2.75) is 25.6 Å². The zero-order valence-corrected chi connectivity index (χ0v) is 11.5. The van der Waals surface area contributed by atoms with Gasteiger partial charge in [0.2, 0.25) is 11.8 Å². The van der Waals surface area contributed by atoms with Crippen molar-refractivity contribution in [1.29, 1.82) is 0 Å². The first kappa shape index (κ1) is 13.6. The average Bonchev–Trinajstić information content (AvgIpc) is 3.10. The summed E-state index contributed by atoms with van der Waals surface area (Å²) in [7, 11) is 0. The number of carbonyl (C=O) groups excluding carboxylic acids is 2. The van der Waals surface area contributed by atoms with Crippen molar-refractivity contribution in [2.75, 3.05) is 0 Å². The number of carbonyl (C=O) groups is 2. The summed E-state index contributed by atoms with van der Waals surface area (Å²) in [5.74, 6) is 0.438. The van der Waals surface area contributed by atoms with Crippen LogP contribution >= 0.6 is 0 Å². The minimum Gasteiger partial charge on any atom is -0.468 e. The third kappa shape index (κ3) is 3.03. The highest BCUT2D eigenvalue weighted by Crippen LogP contribution is 2.17. The molecule has 0 aliphatic carbocycles. The molecule has 2 aromatic rings. The summed E-state index contributed by atoms with van der Waals surface area (Å²) in [6, 6.07) is 12.7. The third-order valence-electron chi connectivity index (χ3n) is 3.53. The van der Waals surface area contributed by atoms with Crippen LogP contribution in [0.1, 0.15) is 17.7 Å². The van der Waals surface area contributed by atoms with E-state index in [4.69, 9.17) is 4.42 Å². The van der Waals surface area contributed by atoms with Gasteiger partial charge in [-0.05, 0) is 17.7 Å². The van der Waals surface area contributed by atoms with Crippen molar-refractivity contribution in [2.24, 2.45) is 0 Å². The van der Waals surface area contributed by atoms with Crippen LogP contribution in [0.25, 0.3) is 0 Å². The van der Waals surface area contributed by atoms with E-state index in [2.05, 4.69) is 5.32 Å². The predicted molar refractivity (Wildman–Crippen MR) is 76.0 cm³/mol. The van der Waals surface area contributed by atoms with Gasteiger partial charge >= 0.3 is 0 Å². The molecule has 1 saturated heterocycles. The average molecular weight is 284 g/mol. The van der Waals surface area contributed by atoms with Crippen LogP contribution in [-0.4, -0.2) is 22.8 Å². The molecule has 3 rings (SSSR count). The van der Waals surface area contributed by atoms with Gasteiger partial charge in [0, 0.05) is 0 Å². The van der Waals surface area contributed by atoms with Crippen LogP contribution in [0.4, 0.5) is 0 Å². The van der Waals surface area contributed by atoms with Gasteiger partial charge in [-0.3, -0.25) is 19.8 Å². The highest BCUT2D eigenvalue weighted by molar-refractivity contribution is 6.05. The maximum Gasteiger partial charge on any atom is 0.247 e. The Hall–Kier alpha value is -2.40. The number of benzene rings is 1. The van der Waals surface area contributed by atoms with Crippen LogP contribution < -0.4 is 5.32 Å². The van der Waals surface area contributed by atoms with Gasteiger partial charge in [0.05, 0.1) is 31.8 Å². The molecular formula is C16H16N2O3. The molecule has 1 aliphatic heterocycles. The number of furan rings is 1. The molecule has 1 aromatic carbocycles. The molecule has 0 bridgehead atoms. The zero-order chi connectivity index (χ0) is 14.7. The van der Waals surface area contributed by atoms with Gasteiger partial charge in [-0.25, -0.2) is 0 Å². The maximum atomic E-state index is 12.3. The molecule has 2 heterocycles. The van der Waals surface area contributed by atoms with Gasteiger partial charge in [-0.15, -0.1) is 0 Å². The second kappa shape index (κ2) is 5.93. The number of nitrogens with one attached hydrogen (secondary N) is 1.